The maximum atomic E-state index is 10.0. The number of hydrogen-bond donors (Lipinski definition) is 2. The van der Waals surface area contributed by atoms with E-state index in [0.29, 0.717) is 17.2 Å². The topological polar surface area (TPSA) is 76.6 Å². The normalized spacial score (nSPS) is 10.5. The van der Waals surface area contributed by atoms with Gasteiger partial charge in [-0.3, -0.25) is 0 Å². The number of aromatic amines is 1. The fraction of sp³-hybridized carbons (Fsp3) is 0.167. The van der Waals surface area contributed by atoms with Crippen molar-refractivity contribution < 1.29 is 19.3 Å². The number of nitrogens with zero attached hydrogens (tertiary/aromatic N) is 1. The summed E-state index contributed by atoms with van der Waals surface area (Å²) in [5.74, 6) is 1.84. The molecule has 3 rings (SSSR count). The van der Waals surface area contributed by atoms with E-state index in [1.807, 2.05) is 18.2 Å². The number of methoxy groups -OCH3 is 3. The molecule has 0 radical (unpaired) electrons. The Morgan fingerprint density at radius 2 is 1.58 bits per heavy atom. The molecule has 0 aliphatic heterocycles. The zero-order valence-electron chi connectivity index (χ0n) is 13.7. The van der Waals surface area contributed by atoms with Crippen molar-refractivity contribution in [2.24, 2.45) is 0 Å². The van der Waals surface area contributed by atoms with Crippen LogP contribution in [0.1, 0.15) is 0 Å². The smallest absolute Gasteiger partial charge is 0.160 e. The van der Waals surface area contributed by atoms with Gasteiger partial charge in [-0.1, -0.05) is 0 Å². The van der Waals surface area contributed by atoms with Crippen LogP contribution in [0.5, 0.6) is 23.0 Å². The Morgan fingerprint density at radius 1 is 0.875 bits per heavy atom. The van der Waals surface area contributed by atoms with Gasteiger partial charge in [0, 0.05) is 17.2 Å². The molecule has 0 atom stereocenters. The Balaban J connectivity index is 2.10. The molecule has 0 aliphatic rings. The molecule has 24 heavy (non-hydrogen) atoms. The van der Waals surface area contributed by atoms with Gasteiger partial charge in [0.05, 0.1) is 39.0 Å². The molecule has 0 bridgehead atoms. The van der Waals surface area contributed by atoms with Crippen LogP contribution in [0.25, 0.3) is 22.5 Å². The molecule has 1 aromatic heterocycles. The first-order chi connectivity index (χ1) is 11.7. The lowest BCUT2D eigenvalue weighted by Crippen LogP contribution is -1.91. The number of ether oxygens (including phenoxy) is 3. The zero-order chi connectivity index (χ0) is 17.1. The highest BCUT2D eigenvalue weighted by atomic mass is 16.5. The summed E-state index contributed by atoms with van der Waals surface area (Å²) in [4.78, 5) is 7.52. The average Bonchev–Trinajstić information content (AvgIpc) is 3.10. The van der Waals surface area contributed by atoms with E-state index >= 15 is 0 Å². The predicted molar refractivity (Wildman–Crippen MR) is 90.8 cm³/mol. The largest absolute Gasteiger partial charge is 0.504 e. The van der Waals surface area contributed by atoms with Gasteiger partial charge in [0.15, 0.2) is 11.5 Å². The van der Waals surface area contributed by atoms with Gasteiger partial charge in [-0.2, -0.15) is 0 Å². The van der Waals surface area contributed by atoms with Crippen molar-refractivity contribution in [3.63, 3.8) is 0 Å². The van der Waals surface area contributed by atoms with E-state index < -0.39 is 0 Å². The molecular formula is C18H18N2O4. The van der Waals surface area contributed by atoms with Crippen LogP contribution in [-0.4, -0.2) is 36.4 Å². The first-order valence-corrected chi connectivity index (χ1v) is 7.30. The van der Waals surface area contributed by atoms with Crippen LogP contribution < -0.4 is 14.2 Å². The molecule has 2 N–H and O–H groups in total. The summed E-state index contributed by atoms with van der Waals surface area (Å²) in [5, 5.41) is 10.0. The molecular weight excluding hydrogens is 308 g/mol. The molecule has 3 aromatic rings. The minimum Gasteiger partial charge on any atom is -0.504 e. The summed E-state index contributed by atoms with van der Waals surface area (Å²) in [5.41, 5.74) is 3.15. The quantitative estimate of drug-likeness (QED) is 0.751. The Labute approximate surface area is 139 Å². The van der Waals surface area contributed by atoms with Gasteiger partial charge in [-0.25, -0.2) is 4.98 Å². The van der Waals surface area contributed by atoms with E-state index in [9.17, 15) is 5.11 Å². The van der Waals surface area contributed by atoms with E-state index in [1.54, 1.807) is 38.7 Å². The molecule has 0 aliphatic carbocycles. The summed E-state index contributed by atoms with van der Waals surface area (Å²) in [7, 11) is 4.72. The highest BCUT2D eigenvalue weighted by molar-refractivity contribution is 5.80. The van der Waals surface area contributed by atoms with Crippen LogP contribution in [0, 0.1) is 0 Å². The second-order valence-electron chi connectivity index (χ2n) is 5.11. The Morgan fingerprint density at radius 3 is 2.17 bits per heavy atom. The molecule has 0 spiro atoms. The number of aromatic hydroxyl groups is 1. The van der Waals surface area contributed by atoms with E-state index in [1.165, 1.54) is 7.11 Å². The SMILES string of the molecule is COc1cc(OC)cc(-c2nc[nH]c2-c2ccc(OC)c(O)c2)c1. The number of phenols is 1. The number of H-pyrrole nitrogens is 1. The summed E-state index contributed by atoms with van der Waals surface area (Å²) >= 11 is 0. The van der Waals surface area contributed by atoms with Crippen LogP contribution in [-0.2, 0) is 0 Å². The fourth-order valence-electron chi connectivity index (χ4n) is 2.52. The lowest BCUT2D eigenvalue weighted by atomic mass is 10.0. The van der Waals surface area contributed by atoms with Crippen molar-refractivity contribution in [1.82, 2.24) is 9.97 Å². The number of hydrogen-bond acceptors (Lipinski definition) is 5. The van der Waals surface area contributed by atoms with Crippen molar-refractivity contribution in [3.8, 4) is 45.5 Å². The highest BCUT2D eigenvalue weighted by Crippen LogP contribution is 2.36. The Hall–Kier alpha value is -3.15. The maximum absolute atomic E-state index is 10.0. The number of benzene rings is 2. The maximum Gasteiger partial charge on any atom is 0.160 e. The standard InChI is InChI=1S/C18H18N2O4/c1-22-13-6-12(7-14(9-13)23-2)18-17(19-10-20-18)11-4-5-16(24-3)15(21)8-11/h4-10,21H,1-3H3,(H,19,20). The molecule has 0 fully saturated rings. The fourth-order valence-corrected chi connectivity index (χ4v) is 2.52. The Kier molecular flexibility index (Phi) is 4.29. The van der Waals surface area contributed by atoms with Crippen LogP contribution >= 0.6 is 0 Å². The minimum atomic E-state index is 0.0683. The van der Waals surface area contributed by atoms with Crippen molar-refractivity contribution in [2.75, 3.05) is 21.3 Å². The number of rotatable bonds is 5. The molecule has 2 aromatic carbocycles. The van der Waals surface area contributed by atoms with Gasteiger partial charge in [-0.05, 0) is 30.3 Å². The van der Waals surface area contributed by atoms with Gasteiger partial charge in [0.25, 0.3) is 0 Å². The van der Waals surface area contributed by atoms with Gasteiger partial charge >= 0.3 is 0 Å². The lowest BCUT2D eigenvalue weighted by Gasteiger charge is -2.10. The lowest BCUT2D eigenvalue weighted by molar-refractivity contribution is 0.373. The second-order valence-corrected chi connectivity index (χ2v) is 5.11. The molecule has 1 heterocycles. The van der Waals surface area contributed by atoms with Crippen molar-refractivity contribution in [2.45, 2.75) is 0 Å². The van der Waals surface area contributed by atoms with Crippen molar-refractivity contribution in [1.29, 1.82) is 0 Å². The summed E-state index contributed by atoms with van der Waals surface area (Å²) in [6.45, 7) is 0. The summed E-state index contributed by atoms with van der Waals surface area (Å²) in [6.07, 6.45) is 1.61. The van der Waals surface area contributed by atoms with Crippen LogP contribution in [0.3, 0.4) is 0 Å². The monoisotopic (exact) mass is 326 g/mol. The van der Waals surface area contributed by atoms with E-state index in [-0.39, 0.29) is 5.75 Å². The molecule has 0 saturated heterocycles. The molecule has 0 amide bonds. The third-order valence-electron chi connectivity index (χ3n) is 3.73. The van der Waals surface area contributed by atoms with Crippen LogP contribution in [0.4, 0.5) is 0 Å². The van der Waals surface area contributed by atoms with Gasteiger partial charge < -0.3 is 24.3 Å². The second kappa shape index (κ2) is 6.54. The summed E-state index contributed by atoms with van der Waals surface area (Å²) < 4.78 is 15.7. The predicted octanol–water partition coefficient (Wildman–Crippen LogP) is 3.48. The van der Waals surface area contributed by atoms with E-state index in [2.05, 4.69) is 9.97 Å². The minimum absolute atomic E-state index is 0.0683. The van der Waals surface area contributed by atoms with Gasteiger partial charge in [-0.15, -0.1) is 0 Å². The van der Waals surface area contributed by atoms with Crippen LogP contribution in [0.15, 0.2) is 42.7 Å². The number of aromatic nitrogens is 2. The number of imidazole rings is 1. The van der Waals surface area contributed by atoms with Gasteiger partial charge in [0.1, 0.15) is 11.5 Å². The number of phenolic OH excluding ortho intramolecular Hbond substituents is 1. The molecule has 0 saturated carbocycles. The first kappa shape index (κ1) is 15.7. The van der Waals surface area contributed by atoms with Crippen molar-refractivity contribution >= 4 is 0 Å². The number of nitrogens with one attached hydrogen (secondary N) is 1. The zero-order valence-corrected chi connectivity index (χ0v) is 13.7. The third-order valence-corrected chi connectivity index (χ3v) is 3.73. The molecule has 6 heteroatoms. The summed E-state index contributed by atoms with van der Waals surface area (Å²) in [6, 6.07) is 10.8. The van der Waals surface area contributed by atoms with Crippen molar-refractivity contribution in [3.05, 3.63) is 42.7 Å². The first-order valence-electron chi connectivity index (χ1n) is 7.30. The van der Waals surface area contributed by atoms with Crippen LogP contribution in [0.2, 0.25) is 0 Å². The molecule has 6 nitrogen and oxygen atoms in total. The third kappa shape index (κ3) is 2.86. The van der Waals surface area contributed by atoms with E-state index in [4.69, 9.17) is 14.2 Å². The average molecular weight is 326 g/mol. The van der Waals surface area contributed by atoms with Gasteiger partial charge in [0.2, 0.25) is 0 Å². The molecule has 0 unspecified atom stereocenters. The Bertz CT molecular complexity index is 836. The van der Waals surface area contributed by atoms with E-state index in [0.717, 1.165) is 22.5 Å². The highest BCUT2D eigenvalue weighted by Gasteiger charge is 2.14. The molecule has 124 valence electrons.